The van der Waals surface area contributed by atoms with E-state index in [0.717, 1.165) is 57.8 Å². The number of hydrogen-bond acceptors (Lipinski definition) is 7. The molecular formula is C88H169NO8P+. The zero-order chi connectivity index (χ0) is 71.1. The van der Waals surface area contributed by atoms with Crippen LogP contribution in [0.5, 0.6) is 0 Å². The Kier molecular flexibility index (Phi) is 77.5. The Bertz CT molecular complexity index is 1790. The molecule has 10 heteroatoms. The number of likely N-dealkylation sites (N-methyl/N-ethyl adjacent to an activating group) is 1. The van der Waals surface area contributed by atoms with Crippen LogP contribution in [-0.2, 0) is 32.7 Å². The van der Waals surface area contributed by atoms with Crippen LogP contribution >= 0.6 is 7.82 Å². The molecule has 2 atom stereocenters. The lowest BCUT2D eigenvalue weighted by molar-refractivity contribution is -0.870. The molecule has 0 saturated heterocycles. The molecular weight excluding hydrogens is 1230 g/mol. The number of allylic oxidation sites excluding steroid dienone is 8. The molecule has 0 saturated carbocycles. The van der Waals surface area contributed by atoms with Crippen molar-refractivity contribution in [2.75, 3.05) is 47.5 Å². The summed E-state index contributed by atoms with van der Waals surface area (Å²) < 4.78 is 34.9. The molecule has 0 spiro atoms. The number of phosphoric ester groups is 1. The first-order valence-corrected chi connectivity index (χ1v) is 44.9. The molecule has 9 nitrogen and oxygen atoms in total. The van der Waals surface area contributed by atoms with Crippen LogP contribution in [0.1, 0.15) is 450 Å². The molecule has 2 unspecified atom stereocenters. The molecule has 0 bridgehead atoms. The van der Waals surface area contributed by atoms with Crippen molar-refractivity contribution in [3.63, 3.8) is 0 Å². The summed E-state index contributed by atoms with van der Waals surface area (Å²) in [5.74, 6) is -0.769. The van der Waals surface area contributed by atoms with Crippen molar-refractivity contribution in [1.29, 1.82) is 0 Å². The molecule has 0 aliphatic carbocycles. The largest absolute Gasteiger partial charge is 0.472 e. The van der Waals surface area contributed by atoms with Gasteiger partial charge in [0.2, 0.25) is 0 Å². The van der Waals surface area contributed by atoms with Crippen LogP contribution in [0.15, 0.2) is 48.6 Å². The predicted octanol–water partition coefficient (Wildman–Crippen LogP) is 29.1. The van der Waals surface area contributed by atoms with Crippen LogP contribution in [0.4, 0.5) is 0 Å². The number of unbranched alkanes of at least 4 members (excludes halogenated alkanes) is 60. The number of hydrogen-bond donors (Lipinski definition) is 1. The molecule has 0 rings (SSSR count). The van der Waals surface area contributed by atoms with Gasteiger partial charge in [0.1, 0.15) is 19.8 Å². The summed E-state index contributed by atoms with van der Waals surface area (Å²) in [6, 6.07) is 0. The SMILES string of the molecule is CC/C=C\C/C=C\C/C=C\C/C=C\CCCCCCCCCCCCCCCCCCCCCCCCC(=O)OC(COC(=O)CCCCCCCCCCCCCCCCCCCCCCCCCCCCCCCCCCCCCCCCC)COP(=O)(O)OCC[N+](C)(C)C. The summed E-state index contributed by atoms with van der Waals surface area (Å²) in [5.41, 5.74) is 0. The van der Waals surface area contributed by atoms with Crippen molar-refractivity contribution in [2.24, 2.45) is 0 Å². The van der Waals surface area contributed by atoms with Crippen LogP contribution in [-0.4, -0.2) is 74.9 Å². The molecule has 578 valence electrons. The predicted molar refractivity (Wildman–Crippen MR) is 427 cm³/mol. The van der Waals surface area contributed by atoms with E-state index in [4.69, 9.17) is 18.5 Å². The van der Waals surface area contributed by atoms with Crippen LogP contribution in [0, 0.1) is 0 Å². The van der Waals surface area contributed by atoms with E-state index in [1.54, 1.807) is 0 Å². The van der Waals surface area contributed by atoms with Gasteiger partial charge in [-0.2, -0.15) is 0 Å². The Morgan fingerprint density at radius 3 is 0.867 bits per heavy atom. The lowest BCUT2D eigenvalue weighted by atomic mass is 10.0. The van der Waals surface area contributed by atoms with Gasteiger partial charge in [-0.15, -0.1) is 0 Å². The molecule has 1 N–H and O–H groups in total. The first-order valence-electron chi connectivity index (χ1n) is 43.4. The number of phosphoric acid groups is 1. The summed E-state index contributed by atoms with van der Waals surface area (Å²) in [6.45, 7) is 4.41. The minimum atomic E-state index is -4.39. The van der Waals surface area contributed by atoms with E-state index >= 15 is 0 Å². The smallest absolute Gasteiger partial charge is 0.462 e. The number of nitrogens with zero attached hydrogens (tertiary/aromatic N) is 1. The van der Waals surface area contributed by atoms with Crippen LogP contribution in [0.3, 0.4) is 0 Å². The van der Waals surface area contributed by atoms with Crippen molar-refractivity contribution in [2.45, 2.75) is 457 Å². The van der Waals surface area contributed by atoms with Gasteiger partial charge in [-0.1, -0.05) is 435 Å². The molecule has 0 radical (unpaired) electrons. The van der Waals surface area contributed by atoms with Crippen molar-refractivity contribution >= 4 is 19.8 Å². The van der Waals surface area contributed by atoms with Gasteiger partial charge in [-0.05, 0) is 51.4 Å². The molecule has 0 heterocycles. The third-order valence-electron chi connectivity index (χ3n) is 19.9. The van der Waals surface area contributed by atoms with E-state index in [1.165, 1.54) is 360 Å². The zero-order valence-electron chi connectivity index (χ0n) is 66.3. The fourth-order valence-corrected chi connectivity index (χ4v) is 14.1. The highest BCUT2D eigenvalue weighted by molar-refractivity contribution is 7.47. The van der Waals surface area contributed by atoms with Gasteiger partial charge in [0.15, 0.2) is 6.10 Å². The maximum Gasteiger partial charge on any atom is 0.472 e. The van der Waals surface area contributed by atoms with E-state index in [0.29, 0.717) is 23.9 Å². The highest BCUT2D eigenvalue weighted by Gasteiger charge is 2.27. The van der Waals surface area contributed by atoms with Crippen LogP contribution < -0.4 is 0 Å². The topological polar surface area (TPSA) is 108 Å². The van der Waals surface area contributed by atoms with E-state index in [-0.39, 0.29) is 25.6 Å². The minimum Gasteiger partial charge on any atom is -0.462 e. The first-order chi connectivity index (χ1) is 48.0. The number of rotatable bonds is 82. The molecule has 0 aliphatic rings. The van der Waals surface area contributed by atoms with E-state index in [1.807, 2.05) is 21.1 Å². The van der Waals surface area contributed by atoms with Gasteiger partial charge in [-0.25, -0.2) is 4.57 Å². The van der Waals surface area contributed by atoms with Crippen molar-refractivity contribution in [3.05, 3.63) is 48.6 Å². The molecule has 0 aliphatic heterocycles. The first kappa shape index (κ1) is 96.0. The second-order valence-corrected chi connectivity index (χ2v) is 32.4. The number of carbonyl (C=O) groups is 2. The summed E-state index contributed by atoms with van der Waals surface area (Å²) in [5, 5.41) is 0. The quantitative estimate of drug-likeness (QED) is 0.0211. The van der Waals surface area contributed by atoms with Gasteiger partial charge in [-0.3, -0.25) is 18.6 Å². The molecule has 0 aromatic rings. The molecule has 0 amide bonds. The number of carbonyl (C=O) groups excluding carboxylic acids is 2. The van der Waals surface area contributed by atoms with Crippen LogP contribution in [0.2, 0.25) is 0 Å². The van der Waals surface area contributed by atoms with Crippen molar-refractivity contribution < 1.29 is 42.1 Å². The lowest BCUT2D eigenvalue weighted by Gasteiger charge is -2.24. The van der Waals surface area contributed by atoms with Gasteiger partial charge < -0.3 is 18.9 Å². The Morgan fingerprint density at radius 1 is 0.327 bits per heavy atom. The Balaban J connectivity index is 3.85. The Morgan fingerprint density at radius 2 is 0.582 bits per heavy atom. The highest BCUT2D eigenvalue weighted by Crippen LogP contribution is 2.43. The van der Waals surface area contributed by atoms with Crippen molar-refractivity contribution in [3.8, 4) is 0 Å². The zero-order valence-corrected chi connectivity index (χ0v) is 67.2. The number of esters is 2. The van der Waals surface area contributed by atoms with E-state index in [9.17, 15) is 19.0 Å². The average Bonchev–Trinajstić information content (AvgIpc) is 1.08. The highest BCUT2D eigenvalue weighted by atomic mass is 31.2. The lowest BCUT2D eigenvalue weighted by Crippen LogP contribution is -2.37. The van der Waals surface area contributed by atoms with Gasteiger partial charge in [0.05, 0.1) is 27.7 Å². The maximum absolute atomic E-state index is 12.9. The molecule has 98 heavy (non-hydrogen) atoms. The number of quaternary nitrogens is 1. The minimum absolute atomic E-state index is 0.0351. The second kappa shape index (κ2) is 79.1. The summed E-state index contributed by atoms with van der Waals surface area (Å²) >= 11 is 0. The van der Waals surface area contributed by atoms with E-state index < -0.39 is 26.5 Å². The van der Waals surface area contributed by atoms with Gasteiger partial charge >= 0.3 is 19.8 Å². The van der Waals surface area contributed by atoms with Crippen LogP contribution in [0.25, 0.3) is 0 Å². The third kappa shape index (κ3) is 82.9. The normalized spacial score (nSPS) is 13.2. The Labute approximate surface area is 611 Å². The van der Waals surface area contributed by atoms with Gasteiger partial charge in [0.25, 0.3) is 0 Å². The number of ether oxygens (including phenoxy) is 2. The summed E-state index contributed by atoms with van der Waals surface area (Å²) in [7, 11) is 1.50. The fourth-order valence-electron chi connectivity index (χ4n) is 13.3. The summed E-state index contributed by atoms with van der Waals surface area (Å²) in [6.07, 6.45) is 106. The standard InChI is InChI=1S/C88H168NO8P/c1-6-8-10-12-14-16-18-20-22-24-26-28-30-32-34-36-38-40-42-43-44-45-47-48-50-52-54-56-58-60-62-64-66-68-70-72-74-76-78-80-87(90)94-84-86(85-96-98(92,93)95-83-82-89(3,4)5)97-88(91)81-79-77-75-73-71-69-67-65-63-61-59-57-55-53-51-49-46-41-39-37-35-33-31-29-27-25-23-21-19-17-15-13-11-9-7-2/h9,11,15,17,21,23,27,29,86H,6-8,10,12-14,16,18-20,22,24-26,28,30-85H2,1-5H3/p+1/b11-9-,17-15-,23-21-,29-27-. The second-order valence-electron chi connectivity index (χ2n) is 30.9. The van der Waals surface area contributed by atoms with Gasteiger partial charge in [0, 0.05) is 12.8 Å². The average molecular weight is 1400 g/mol. The molecule has 0 aromatic heterocycles. The monoisotopic (exact) mass is 1400 g/mol. The molecule has 0 fully saturated rings. The molecule has 0 aromatic carbocycles. The van der Waals surface area contributed by atoms with Crippen molar-refractivity contribution in [1.82, 2.24) is 0 Å². The fraction of sp³-hybridized carbons (Fsp3) is 0.886. The van der Waals surface area contributed by atoms with E-state index in [2.05, 4.69) is 62.5 Å². The summed E-state index contributed by atoms with van der Waals surface area (Å²) in [4.78, 5) is 36.0. The third-order valence-corrected chi connectivity index (χ3v) is 20.9. The Hall–Kier alpha value is -2.03. The maximum atomic E-state index is 12.9.